The Morgan fingerprint density at radius 1 is 1.42 bits per heavy atom. The van der Waals surface area contributed by atoms with Crippen LogP contribution in [0.2, 0.25) is 0 Å². The second-order valence-corrected chi connectivity index (χ2v) is 7.21. The number of carbonyl (C=O) groups is 1. The molecule has 0 amide bonds. The lowest BCUT2D eigenvalue weighted by Crippen LogP contribution is -2.44. The minimum absolute atomic E-state index is 0.114. The van der Waals surface area contributed by atoms with Gasteiger partial charge < -0.3 is 20.8 Å². The molecule has 0 saturated carbocycles. The predicted molar refractivity (Wildman–Crippen MR) is 138 cm³/mol. The summed E-state index contributed by atoms with van der Waals surface area (Å²) in [6.07, 6.45) is 15.5. The van der Waals surface area contributed by atoms with Gasteiger partial charge in [-0.2, -0.15) is 12.6 Å². The van der Waals surface area contributed by atoms with Crippen LogP contribution in [-0.2, 0) is 4.79 Å². The van der Waals surface area contributed by atoms with Crippen LogP contribution in [0.1, 0.15) is 6.42 Å². The van der Waals surface area contributed by atoms with Crippen molar-refractivity contribution in [2.24, 2.45) is 4.99 Å². The first kappa shape index (κ1) is 25.5. The number of dihydropyridines is 1. The van der Waals surface area contributed by atoms with E-state index in [-0.39, 0.29) is 29.5 Å². The normalized spacial score (nSPS) is 16.8. The van der Waals surface area contributed by atoms with Gasteiger partial charge >= 0.3 is 0 Å². The minimum Gasteiger partial charge on any atom is -0.495 e. The van der Waals surface area contributed by atoms with Gasteiger partial charge in [0.1, 0.15) is 17.5 Å². The summed E-state index contributed by atoms with van der Waals surface area (Å²) < 4.78 is 5.21. The Morgan fingerprint density at radius 2 is 2.21 bits per heavy atom. The highest BCUT2D eigenvalue weighted by Gasteiger charge is 2.30. The molecular formula is C24H28N6O2S. The van der Waals surface area contributed by atoms with Crippen LogP contribution in [0.25, 0.3) is 0 Å². The van der Waals surface area contributed by atoms with Gasteiger partial charge in [-0.25, -0.2) is 0 Å². The van der Waals surface area contributed by atoms with Crippen LogP contribution in [0, 0.1) is 10.8 Å². The molecule has 2 unspecified atom stereocenters. The summed E-state index contributed by atoms with van der Waals surface area (Å²) in [5.74, 6) is -0.0823. The first-order valence-electron chi connectivity index (χ1n) is 10.1. The highest BCUT2D eigenvalue weighted by atomic mass is 32.1. The molecule has 33 heavy (non-hydrogen) atoms. The number of hydrogen-bond acceptors (Lipinski definition) is 9. The van der Waals surface area contributed by atoms with Crippen molar-refractivity contribution in [1.29, 1.82) is 10.8 Å². The van der Waals surface area contributed by atoms with E-state index in [2.05, 4.69) is 39.8 Å². The third-order valence-electron chi connectivity index (χ3n) is 4.75. The van der Waals surface area contributed by atoms with Gasteiger partial charge in [-0.1, -0.05) is 24.8 Å². The van der Waals surface area contributed by atoms with Gasteiger partial charge in [-0.05, 0) is 29.3 Å². The zero-order valence-corrected chi connectivity index (χ0v) is 19.5. The molecule has 172 valence electrons. The summed E-state index contributed by atoms with van der Waals surface area (Å²) in [6.45, 7) is 3.75. The molecule has 2 heterocycles. The second-order valence-electron chi connectivity index (χ2n) is 6.95. The molecule has 1 aromatic heterocycles. The van der Waals surface area contributed by atoms with E-state index >= 15 is 0 Å². The summed E-state index contributed by atoms with van der Waals surface area (Å²) in [5.41, 5.74) is 1.10. The molecule has 1 aliphatic heterocycles. The van der Waals surface area contributed by atoms with Gasteiger partial charge in [0.25, 0.3) is 0 Å². The van der Waals surface area contributed by atoms with Crippen LogP contribution in [0.5, 0.6) is 5.75 Å². The molecule has 0 fully saturated rings. The number of aromatic nitrogens is 1. The minimum atomic E-state index is -1.10. The van der Waals surface area contributed by atoms with Crippen LogP contribution >= 0.6 is 12.6 Å². The Labute approximate surface area is 199 Å². The van der Waals surface area contributed by atoms with E-state index in [4.69, 9.17) is 15.6 Å². The number of nitrogens with zero attached hydrogens (tertiary/aromatic N) is 2. The van der Waals surface area contributed by atoms with Crippen LogP contribution in [0.4, 0.5) is 5.69 Å². The van der Waals surface area contributed by atoms with Crippen molar-refractivity contribution < 1.29 is 9.53 Å². The summed E-state index contributed by atoms with van der Waals surface area (Å²) in [7, 11) is 3.13. The first-order chi connectivity index (χ1) is 15.9. The Balaban J connectivity index is 2.37. The molecule has 4 N–H and O–H groups in total. The maximum Gasteiger partial charge on any atom is 0.209 e. The van der Waals surface area contributed by atoms with Gasteiger partial charge in [-0.3, -0.25) is 20.2 Å². The maximum atomic E-state index is 13.5. The van der Waals surface area contributed by atoms with Crippen molar-refractivity contribution in [3.8, 4) is 5.75 Å². The molecule has 2 rings (SSSR count). The first-order valence-corrected chi connectivity index (χ1v) is 10.6. The van der Waals surface area contributed by atoms with Crippen molar-refractivity contribution >= 4 is 41.7 Å². The summed E-state index contributed by atoms with van der Waals surface area (Å²) in [4.78, 5) is 21.5. The van der Waals surface area contributed by atoms with E-state index < -0.39 is 11.8 Å². The number of hydrogen-bond donors (Lipinski definition) is 5. The number of pyridine rings is 1. The van der Waals surface area contributed by atoms with Gasteiger partial charge in [0.05, 0.1) is 25.2 Å². The number of allylic oxidation sites excluding steroid dienone is 6. The molecule has 0 aliphatic carbocycles. The number of thiol groups is 1. The molecule has 0 radical (unpaired) electrons. The standard InChI is InChI=1S/C24H28N6O2S/c1-4-16(8-10-27-2)20(15-33)22(26)24(31)23(21(25)12-17-7-5-6-9-29-17)30-18-11-19(32-3)14-28-13-18/h4-11,13-15,17,23,25-26,29-30,33H,1,12H2,2-3H3/b16-8+,20-15-,25-21?,26-22?,27-10-. The SMILES string of the molecule is C=CC(=C\C=N/C)/C(=C/S)C(=N)C(=O)C(Nc1cncc(OC)c1)C(=N)CC1C=CC=CN1. The van der Waals surface area contributed by atoms with E-state index in [9.17, 15) is 4.79 Å². The van der Waals surface area contributed by atoms with Crippen molar-refractivity contribution in [2.45, 2.75) is 18.5 Å². The molecule has 0 saturated heterocycles. The molecule has 0 bridgehead atoms. The average Bonchev–Trinajstić information content (AvgIpc) is 2.85. The molecule has 8 nitrogen and oxygen atoms in total. The number of Topliss-reactive ketones (excluding diaryl/α,β-unsaturated/α-hetero) is 1. The highest BCUT2D eigenvalue weighted by molar-refractivity contribution is 7.83. The fourth-order valence-electron chi connectivity index (χ4n) is 3.04. The average molecular weight is 465 g/mol. The lowest BCUT2D eigenvalue weighted by molar-refractivity contribution is -0.112. The number of anilines is 1. The smallest absolute Gasteiger partial charge is 0.209 e. The van der Waals surface area contributed by atoms with Gasteiger partial charge in [0, 0.05) is 43.1 Å². The number of aliphatic imine (C=N–C) groups is 1. The van der Waals surface area contributed by atoms with Gasteiger partial charge in [0.2, 0.25) is 5.78 Å². The predicted octanol–water partition coefficient (Wildman–Crippen LogP) is 3.54. The Hall–Kier alpha value is -3.72. The number of methoxy groups -OCH3 is 1. The van der Waals surface area contributed by atoms with Crippen molar-refractivity contribution in [3.05, 3.63) is 78.2 Å². The van der Waals surface area contributed by atoms with E-state index in [1.165, 1.54) is 31.0 Å². The molecule has 1 aromatic rings. The van der Waals surface area contributed by atoms with E-state index in [1.807, 2.05) is 18.2 Å². The molecule has 0 spiro atoms. The Bertz CT molecular complexity index is 1050. The number of carbonyl (C=O) groups excluding carboxylic acids is 1. The zero-order valence-electron chi connectivity index (χ0n) is 18.6. The summed E-state index contributed by atoms with van der Waals surface area (Å²) >= 11 is 4.20. The van der Waals surface area contributed by atoms with Crippen molar-refractivity contribution in [3.63, 3.8) is 0 Å². The third-order valence-corrected chi connectivity index (χ3v) is 5.01. The quantitative estimate of drug-likeness (QED) is 0.184. The topological polar surface area (TPSA) is 123 Å². The number of rotatable bonds is 12. The van der Waals surface area contributed by atoms with E-state index in [0.717, 1.165) is 0 Å². The fraction of sp³-hybridized carbons (Fsp3) is 0.208. The third kappa shape index (κ3) is 7.15. The Kier molecular flexibility index (Phi) is 10.0. The second kappa shape index (κ2) is 13.0. The number of ketones is 1. The van der Waals surface area contributed by atoms with E-state index in [0.29, 0.717) is 17.0 Å². The summed E-state index contributed by atoms with van der Waals surface area (Å²) in [6, 6.07) is 0.441. The van der Waals surface area contributed by atoms with Gasteiger partial charge in [0.15, 0.2) is 0 Å². The lowest BCUT2D eigenvalue weighted by Gasteiger charge is -2.24. The monoisotopic (exact) mass is 464 g/mol. The molecular weight excluding hydrogens is 436 g/mol. The number of nitrogens with one attached hydrogen (secondary N) is 4. The molecule has 9 heteroatoms. The van der Waals surface area contributed by atoms with Crippen LogP contribution in [0.3, 0.4) is 0 Å². The molecule has 0 aromatic carbocycles. The molecule has 1 aliphatic rings. The fourth-order valence-corrected chi connectivity index (χ4v) is 3.32. The highest BCUT2D eigenvalue weighted by Crippen LogP contribution is 2.20. The van der Waals surface area contributed by atoms with E-state index in [1.54, 1.807) is 31.6 Å². The summed E-state index contributed by atoms with van der Waals surface area (Å²) in [5, 5.41) is 24.9. The molecule has 2 atom stereocenters. The van der Waals surface area contributed by atoms with Crippen molar-refractivity contribution in [1.82, 2.24) is 10.3 Å². The number of ether oxygens (including phenoxy) is 1. The van der Waals surface area contributed by atoms with Crippen LogP contribution in [-0.4, -0.2) is 54.6 Å². The van der Waals surface area contributed by atoms with Crippen LogP contribution < -0.4 is 15.4 Å². The zero-order chi connectivity index (χ0) is 24.2. The van der Waals surface area contributed by atoms with Crippen LogP contribution in [0.15, 0.2) is 83.2 Å². The largest absolute Gasteiger partial charge is 0.495 e. The lowest BCUT2D eigenvalue weighted by atomic mass is 9.91. The van der Waals surface area contributed by atoms with Gasteiger partial charge in [-0.15, -0.1) is 0 Å². The van der Waals surface area contributed by atoms with Crippen molar-refractivity contribution in [2.75, 3.05) is 19.5 Å². The Morgan fingerprint density at radius 3 is 2.82 bits per heavy atom. The maximum absolute atomic E-state index is 13.5.